The smallest absolute Gasteiger partial charge is 0.225 e. The van der Waals surface area contributed by atoms with Gasteiger partial charge in [-0.3, -0.25) is 9.59 Å². The summed E-state index contributed by atoms with van der Waals surface area (Å²) in [7, 11) is 0. The van der Waals surface area contributed by atoms with E-state index in [1.54, 1.807) is 0 Å². The fourth-order valence-corrected chi connectivity index (χ4v) is 2.78. The Labute approximate surface area is 131 Å². The van der Waals surface area contributed by atoms with Gasteiger partial charge in [-0.2, -0.15) is 0 Å². The summed E-state index contributed by atoms with van der Waals surface area (Å²) in [6, 6.07) is 7.45. The van der Waals surface area contributed by atoms with Crippen LogP contribution in [0.1, 0.15) is 44.6 Å². The van der Waals surface area contributed by atoms with Gasteiger partial charge in [0, 0.05) is 18.7 Å². The van der Waals surface area contributed by atoms with Crippen molar-refractivity contribution in [3.05, 3.63) is 29.8 Å². The summed E-state index contributed by atoms with van der Waals surface area (Å²) in [5.41, 5.74) is 1.67. The highest BCUT2D eigenvalue weighted by Gasteiger charge is 2.31. The van der Waals surface area contributed by atoms with Gasteiger partial charge in [0.2, 0.25) is 11.8 Å². The van der Waals surface area contributed by atoms with Gasteiger partial charge < -0.3 is 15.7 Å². The number of rotatable bonds is 6. The number of aliphatic hydroxyl groups excluding tert-OH is 1. The van der Waals surface area contributed by atoms with Crippen molar-refractivity contribution in [3.63, 3.8) is 0 Å². The average Bonchev–Trinajstić information content (AvgIpc) is 2.91. The first kappa shape index (κ1) is 16.5. The number of carbonyl (C=O) groups is 2. The van der Waals surface area contributed by atoms with Crippen LogP contribution in [0.25, 0.3) is 0 Å². The highest BCUT2D eigenvalue weighted by molar-refractivity contribution is 5.90. The molecule has 0 bridgehead atoms. The van der Waals surface area contributed by atoms with Gasteiger partial charge in [-0.15, -0.1) is 0 Å². The number of amides is 2. The largest absolute Gasteiger partial charge is 0.392 e. The summed E-state index contributed by atoms with van der Waals surface area (Å²) < 4.78 is 0. The molecule has 2 amide bonds. The number of benzene rings is 1. The van der Waals surface area contributed by atoms with E-state index >= 15 is 0 Å². The quantitative estimate of drug-likeness (QED) is 0.754. The van der Waals surface area contributed by atoms with Gasteiger partial charge in [0.05, 0.1) is 12.0 Å². The first-order valence-corrected chi connectivity index (χ1v) is 7.94. The molecular formula is C17H24N2O3. The summed E-state index contributed by atoms with van der Waals surface area (Å²) >= 11 is 0. The molecule has 1 aliphatic carbocycles. The van der Waals surface area contributed by atoms with Crippen LogP contribution in [0.4, 0.5) is 5.69 Å². The molecule has 0 heterocycles. The van der Waals surface area contributed by atoms with Crippen molar-refractivity contribution < 1.29 is 14.7 Å². The van der Waals surface area contributed by atoms with Crippen molar-refractivity contribution in [2.75, 3.05) is 5.32 Å². The lowest BCUT2D eigenvalue weighted by molar-refractivity contribution is -0.127. The molecule has 5 nitrogen and oxygen atoms in total. The number of carbonyl (C=O) groups excluding carboxylic acids is 2. The zero-order valence-electron chi connectivity index (χ0n) is 13.0. The van der Waals surface area contributed by atoms with Crippen molar-refractivity contribution in [3.8, 4) is 0 Å². The van der Waals surface area contributed by atoms with Gasteiger partial charge >= 0.3 is 0 Å². The van der Waals surface area contributed by atoms with E-state index in [1.165, 1.54) is 0 Å². The van der Waals surface area contributed by atoms with E-state index in [0.717, 1.165) is 30.5 Å². The summed E-state index contributed by atoms with van der Waals surface area (Å²) in [6.07, 6.45) is 3.15. The van der Waals surface area contributed by atoms with Gasteiger partial charge in [0.1, 0.15) is 0 Å². The minimum atomic E-state index is -0.514. The maximum atomic E-state index is 12.0. The van der Waals surface area contributed by atoms with Crippen LogP contribution < -0.4 is 10.6 Å². The number of aliphatic hydroxyl groups is 1. The number of anilines is 1. The van der Waals surface area contributed by atoms with Crippen molar-refractivity contribution in [1.29, 1.82) is 0 Å². The molecule has 0 aromatic heterocycles. The second-order valence-electron chi connectivity index (χ2n) is 5.82. The van der Waals surface area contributed by atoms with Crippen molar-refractivity contribution in [1.82, 2.24) is 5.32 Å². The summed E-state index contributed by atoms with van der Waals surface area (Å²) in [4.78, 5) is 23.6. The third kappa shape index (κ3) is 4.56. The molecule has 0 radical (unpaired) electrons. The maximum absolute atomic E-state index is 12.0. The fourth-order valence-electron chi connectivity index (χ4n) is 2.78. The molecule has 3 N–H and O–H groups in total. The molecule has 1 fully saturated rings. The Morgan fingerprint density at radius 2 is 2.14 bits per heavy atom. The van der Waals surface area contributed by atoms with Crippen LogP contribution in [-0.2, 0) is 16.1 Å². The molecule has 0 aliphatic heterocycles. The Balaban J connectivity index is 1.87. The van der Waals surface area contributed by atoms with Gasteiger partial charge in [-0.1, -0.05) is 19.1 Å². The van der Waals surface area contributed by atoms with E-state index in [2.05, 4.69) is 10.6 Å². The number of hydrogen-bond acceptors (Lipinski definition) is 3. The third-order valence-corrected chi connectivity index (χ3v) is 3.97. The molecule has 1 aliphatic rings. The van der Waals surface area contributed by atoms with E-state index in [9.17, 15) is 14.7 Å². The first-order valence-electron chi connectivity index (χ1n) is 7.94. The van der Waals surface area contributed by atoms with E-state index in [4.69, 9.17) is 0 Å². The normalized spacial score (nSPS) is 20.6. The summed E-state index contributed by atoms with van der Waals surface area (Å²) in [5, 5.41) is 15.4. The highest BCUT2D eigenvalue weighted by atomic mass is 16.3. The summed E-state index contributed by atoms with van der Waals surface area (Å²) in [6.45, 7) is 2.36. The Morgan fingerprint density at radius 1 is 1.32 bits per heavy atom. The van der Waals surface area contributed by atoms with Crippen molar-refractivity contribution >= 4 is 17.5 Å². The second-order valence-corrected chi connectivity index (χ2v) is 5.82. The predicted octanol–water partition coefficient (Wildman–Crippen LogP) is 2.20. The molecule has 1 saturated carbocycles. The van der Waals surface area contributed by atoms with Crippen LogP contribution in [-0.4, -0.2) is 23.0 Å². The second kappa shape index (κ2) is 7.94. The lowest BCUT2D eigenvalue weighted by Gasteiger charge is -2.14. The van der Waals surface area contributed by atoms with Crippen LogP contribution in [0.5, 0.6) is 0 Å². The molecule has 2 rings (SSSR count). The molecular weight excluding hydrogens is 280 g/mol. The molecule has 0 spiro atoms. The average molecular weight is 304 g/mol. The molecule has 1 aromatic carbocycles. The minimum absolute atomic E-state index is 0.00207. The fraction of sp³-hybridized carbons (Fsp3) is 0.529. The number of hydrogen-bond donors (Lipinski definition) is 3. The molecule has 0 saturated heterocycles. The predicted molar refractivity (Wildman–Crippen MR) is 85.2 cm³/mol. The molecule has 5 heteroatoms. The minimum Gasteiger partial charge on any atom is -0.392 e. The van der Waals surface area contributed by atoms with Gasteiger partial charge in [0.15, 0.2) is 0 Å². The molecule has 22 heavy (non-hydrogen) atoms. The Bertz CT molecular complexity index is 530. The molecule has 2 unspecified atom stereocenters. The molecule has 120 valence electrons. The summed E-state index contributed by atoms with van der Waals surface area (Å²) in [5.74, 6) is -0.379. The van der Waals surface area contributed by atoms with E-state index in [0.29, 0.717) is 19.4 Å². The van der Waals surface area contributed by atoms with E-state index in [-0.39, 0.29) is 17.7 Å². The van der Waals surface area contributed by atoms with Crippen molar-refractivity contribution in [2.45, 2.75) is 51.7 Å². The monoisotopic (exact) mass is 304 g/mol. The highest BCUT2D eigenvalue weighted by Crippen LogP contribution is 2.25. The van der Waals surface area contributed by atoms with Gasteiger partial charge in [-0.25, -0.2) is 0 Å². The van der Waals surface area contributed by atoms with Gasteiger partial charge in [-0.05, 0) is 43.4 Å². The van der Waals surface area contributed by atoms with Crippen LogP contribution in [0.15, 0.2) is 24.3 Å². The Hall–Kier alpha value is -1.88. The lowest BCUT2D eigenvalue weighted by Crippen LogP contribution is -2.34. The first-order chi connectivity index (χ1) is 10.6. The zero-order valence-corrected chi connectivity index (χ0v) is 13.0. The Kier molecular flexibility index (Phi) is 5.95. The van der Waals surface area contributed by atoms with Crippen LogP contribution in [0.2, 0.25) is 0 Å². The maximum Gasteiger partial charge on any atom is 0.225 e. The van der Waals surface area contributed by atoms with E-state index < -0.39 is 6.10 Å². The SMILES string of the molecule is CCCC(=O)Nc1cccc(CNC(=O)C2CCCC2O)c1. The molecule has 1 aromatic rings. The van der Waals surface area contributed by atoms with Gasteiger partial charge in [0.25, 0.3) is 0 Å². The lowest BCUT2D eigenvalue weighted by atomic mass is 10.1. The zero-order chi connectivity index (χ0) is 15.9. The van der Waals surface area contributed by atoms with Crippen LogP contribution in [0, 0.1) is 5.92 Å². The van der Waals surface area contributed by atoms with Crippen LogP contribution >= 0.6 is 0 Å². The van der Waals surface area contributed by atoms with E-state index in [1.807, 2.05) is 31.2 Å². The third-order valence-electron chi connectivity index (χ3n) is 3.97. The van der Waals surface area contributed by atoms with Crippen molar-refractivity contribution in [2.24, 2.45) is 5.92 Å². The molecule has 2 atom stereocenters. The number of nitrogens with one attached hydrogen (secondary N) is 2. The standard InChI is InChI=1S/C17H24N2O3/c1-2-5-16(21)19-13-7-3-6-12(10-13)11-18-17(22)14-8-4-9-15(14)20/h3,6-7,10,14-15,20H,2,4-5,8-9,11H2,1H3,(H,18,22)(H,19,21). The Morgan fingerprint density at radius 3 is 2.82 bits per heavy atom. The topological polar surface area (TPSA) is 78.4 Å². The van der Waals surface area contributed by atoms with Crippen LogP contribution in [0.3, 0.4) is 0 Å².